The number of aliphatic carboxylic acids is 1. The zero-order valence-corrected chi connectivity index (χ0v) is 11.5. The summed E-state index contributed by atoms with van der Waals surface area (Å²) in [6.45, 7) is 7.24. The van der Waals surface area contributed by atoms with Gasteiger partial charge in [-0.2, -0.15) is 0 Å². The van der Waals surface area contributed by atoms with Crippen molar-refractivity contribution in [2.75, 3.05) is 26.3 Å². The second kappa shape index (κ2) is 11.5. The molecule has 0 heterocycles. The van der Waals surface area contributed by atoms with Crippen molar-refractivity contribution < 1.29 is 19.4 Å². The van der Waals surface area contributed by atoms with Gasteiger partial charge in [-0.3, -0.25) is 4.79 Å². The van der Waals surface area contributed by atoms with Crippen molar-refractivity contribution >= 4 is 12.0 Å². The maximum atomic E-state index is 11.3. The zero-order valence-electron chi connectivity index (χ0n) is 11.5. The van der Waals surface area contributed by atoms with Crippen LogP contribution in [0.25, 0.3) is 0 Å². The topological polar surface area (TPSA) is 87.7 Å². The number of hydrogen-bond acceptors (Lipinski definition) is 3. The molecular weight excluding hydrogens is 248 g/mol. The van der Waals surface area contributed by atoms with E-state index in [2.05, 4.69) is 17.2 Å². The minimum Gasteiger partial charge on any atom is -0.481 e. The molecule has 0 aliphatic heterocycles. The van der Waals surface area contributed by atoms with Gasteiger partial charge in [-0.1, -0.05) is 13.0 Å². The van der Waals surface area contributed by atoms with Crippen molar-refractivity contribution in [3.05, 3.63) is 12.7 Å². The van der Waals surface area contributed by atoms with E-state index in [1.54, 1.807) is 13.0 Å². The second-order valence-electron chi connectivity index (χ2n) is 4.25. The Kier molecular flexibility index (Phi) is 10.6. The molecule has 0 aromatic carbocycles. The molecular formula is C13H24N2O4. The van der Waals surface area contributed by atoms with Crippen LogP contribution in [0.1, 0.15) is 26.2 Å². The Morgan fingerprint density at radius 1 is 1.32 bits per heavy atom. The fourth-order valence-electron chi connectivity index (χ4n) is 1.30. The van der Waals surface area contributed by atoms with Crippen LogP contribution in [-0.2, 0) is 9.53 Å². The van der Waals surface area contributed by atoms with Crippen LogP contribution in [0.15, 0.2) is 12.7 Å². The van der Waals surface area contributed by atoms with E-state index in [0.717, 1.165) is 6.42 Å². The highest BCUT2D eigenvalue weighted by Gasteiger charge is 2.09. The van der Waals surface area contributed by atoms with Crippen LogP contribution >= 0.6 is 0 Å². The number of carbonyl (C=O) groups excluding carboxylic acids is 1. The van der Waals surface area contributed by atoms with E-state index in [1.807, 2.05) is 0 Å². The van der Waals surface area contributed by atoms with Crippen LogP contribution in [0.4, 0.5) is 4.79 Å². The lowest BCUT2D eigenvalue weighted by Gasteiger charge is -2.09. The first kappa shape index (κ1) is 17.4. The number of hydrogen-bond donors (Lipinski definition) is 3. The van der Waals surface area contributed by atoms with Crippen molar-refractivity contribution in [1.82, 2.24) is 10.6 Å². The summed E-state index contributed by atoms with van der Waals surface area (Å²) >= 11 is 0. The van der Waals surface area contributed by atoms with Crippen molar-refractivity contribution in [1.29, 1.82) is 0 Å². The lowest BCUT2D eigenvalue weighted by Crippen LogP contribution is -2.37. The van der Waals surface area contributed by atoms with Crippen molar-refractivity contribution in [3.8, 4) is 0 Å². The van der Waals surface area contributed by atoms with E-state index in [-0.39, 0.29) is 11.9 Å². The molecule has 0 rings (SSSR count). The Bertz CT molecular complexity index is 282. The quantitative estimate of drug-likeness (QED) is 0.391. The number of urea groups is 1. The molecule has 0 aromatic heterocycles. The summed E-state index contributed by atoms with van der Waals surface area (Å²) in [5.74, 6) is -1.18. The Labute approximate surface area is 114 Å². The summed E-state index contributed by atoms with van der Waals surface area (Å²) in [5.41, 5.74) is 0. The summed E-state index contributed by atoms with van der Waals surface area (Å²) in [4.78, 5) is 21.9. The van der Waals surface area contributed by atoms with Gasteiger partial charge in [0.05, 0.1) is 19.1 Å². The maximum absolute atomic E-state index is 11.3. The molecule has 0 fully saturated rings. The number of rotatable bonds is 11. The molecule has 110 valence electrons. The van der Waals surface area contributed by atoms with Crippen LogP contribution in [-0.4, -0.2) is 43.4 Å². The van der Waals surface area contributed by atoms with Crippen LogP contribution < -0.4 is 10.6 Å². The van der Waals surface area contributed by atoms with Gasteiger partial charge in [0, 0.05) is 13.1 Å². The minimum atomic E-state index is -0.805. The van der Waals surface area contributed by atoms with E-state index in [9.17, 15) is 9.59 Å². The lowest BCUT2D eigenvalue weighted by atomic mass is 10.1. The molecule has 6 nitrogen and oxygen atoms in total. The highest BCUT2D eigenvalue weighted by molar-refractivity contribution is 5.73. The van der Waals surface area contributed by atoms with Gasteiger partial charge in [-0.25, -0.2) is 4.79 Å². The molecule has 3 N–H and O–H groups in total. The van der Waals surface area contributed by atoms with E-state index in [4.69, 9.17) is 9.84 Å². The predicted molar refractivity (Wildman–Crippen MR) is 73.1 cm³/mol. The zero-order chi connectivity index (χ0) is 14.5. The average molecular weight is 272 g/mol. The molecule has 0 spiro atoms. The van der Waals surface area contributed by atoms with Crippen LogP contribution in [0.5, 0.6) is 0 Å². The third kappa shape index (κ3) is 11.3. The molecule has 1 unspecified atom stereocenters. The molecule has 1 atom stereocenters. The molecule has 2 amide bonds. The largest absolute Gasteiger partial charge is 0.481 e. The summed E-state index contributed by atoms with van der Waals surface area (Å²) < 4.78 is 5.23. The monoisotopic (exact) mass is 272 g/mol. The Morgan fingerprint density at radius 2 is 2.00 bits per heavy atom. The van der Waals surface area contributed by atoms with Crippen molar-refractivity contribution in [3.63, 3.8) is 0 Å². The Morgan fingerprint density at radius 3 is 2.63 bits per heavy atom. The lowest BCUT2D eigenvalue weighted by molar-refractivity contribution is -0.141. The summed E-state index contributed by atoms with van der Waals surface area (Å²) in [7, 11) is 0. The minimum absolute atomic E-state index is 0.254. The van der Waals surface area contributed by atoms with Crippen molar-refractivity contribution in [2.24, 2.45) is 5.92 Å². The van der Waals surface area contributed by atoms with Gasteiger partial charge in [0.1, 0.15) is 0 Å². The standard InChI is InChI=1S/C13H24N2O4/c1-3-4-9-19-10-8-15-13(18)14-7-5-6-11(2)12(16)17/h3,11H,1,4-10H2,2H3,(H,16,17)(H2,14,15,18). The molecule has 0 aliphatic carbocycles. The van der Waals surface area contributed by atoms with Crippen molar-refractivity contribution in [2.45, 2.75) is 26.2 Å². The first-order valence-electron chi connectivity index (χ1n) is 6.51. The Balaban J connectivity index is 3.35. The van der Waals surface area contributed by atoms with Gasteiger partial charge >= 0.3 is 12.0 Å². The van der Waals surface area contributed by atoms with Gasteiger partial charge in [-0.05, 0) is 19.3 Å². The molecule has 0 bridgehead atoms. The number of carbonyl (C=O) groups is 2. The summed E-state index contributed by atoms with van der Waals surface area (Å²) in [6, 6.07) is -0.254. The van der Waals surface area contributed by atoms with Gasteiger partial charge < -0.3 is 20.5 Å². The first-order chi connectivity index (χ1) is 9.07. The van der Waals surface area contributed by atoms with Crippen LogP contribution in [0.3, 0.4) is 0 Å². The van der Waals surface area contributed by atoms with E-state index >= 15 is 0 Å². The third-order valence-electron chi connectivity index (χ3n) is 2.52. The molecule has 19 heavy (non-hydrogen) atoms. The first-order valence-corrected chi connectivity index (χ1v) is 6.51. The van der Waals surface area contributed by atoms with Gasteiger partial charge in [0.15, 0.2) is 0 Å². The SMILES string of the molecule is C=CCCOCCNC(=O)NCCCC(C)C(=O)O. The number of carboxylic acid groups (broad SMARTS) is 1. The Hall–Kier alpha value is -1.56. The van der Waals surface area contributed by atoms with Gasteiger partial charge in [-0.15, -0.1) is 6.58 Å². The highest BCUT2D eigenvalue weighted by Crippen LogP contribution is 2.03. The molecule has 0 saturated heterocycles. The van der Waals surface area contributed by atoms with E-state index in [1.165, 1.54) is 0 Å². The normalized spacial score (nSPS) is 11.6. The number of carboxylic acids is 1. The summed E-state index contributed by atoms with van der Waals surface area (Å²) in [5, 5.41) is 14.0. The van der Waals surface area contributed by atoms with Gasteiger partial charge in [0.25, 0.3) is 0 Å². The molecule has 0 aliphatic rings. The number of amides is 2. The number of ether oxygens (including phenoxy) is 1. The highest BCUT2D eigenvalue weighted by atomic mass is 16.5. The smallest absolute Gasteiger partial charge is 0.314 e. The molecule has 0 saturated carbocycles. The third-order valence-corrected chi connectivity index (χ3v) is 2.52. The van der Waals surface area contributed by atoms with E-state index in [0.29, 0.717) is 39.1 Å². The number of nitrogens with one attached hydrogen (secondary N) is 2. The predicted octanol–water partition coefficient (Wildman–Crippen LogP) is 1.38. The maximum Gasteiger partial charge on any atom is 0.314 e. The second-order valence-corrected chi connectivity index (χ2v) is 4.25. The van der Waals surface area contributed by atoms with Gasteiger partial charge in [0.2, 0.25) is 0 Å². The fourth-order valence-corrected chi connectivity index (χ4v) is 1.30. The molecule has 0 aromatic rings. The average Bonchev–Trinajstić information content (AvgIpc) is 2.38. The van der Waals surface area contributed by atoms with Crippen LogP contribution in [0, 0.1) is 5.92 Å². The molecule has 6 heteroatoms. The van der Waals surface area contributed by atoms with Crippen LogP contribution in [0.2, 0.25) is 0 Å². The van der Waals surface area contributed by atoms with E-state index < -0.39 is 5.97 Å². The molecule has 0 radical (unpaired) electrons. The fraction of sp³-hybridized carbons (Fsp3) is 0.692. The summed E-state index contributed by atoms with van der Waals surface area (Å²) in [6.07, 6.45) is 3.78.